The van der Waals surface area contributed by atoms with Crippen molar-refractivity contribution >= 4 is 0 Å². The Hall–Kier alpha value is -0.120. The first-order valence-corrected chi connectivity index (χ1v) is 3.69. The summed E-state index contributed by atoms with van der Waals surface area (Å²) in [6.45, 7) is 2.73. The van der Waals surface area contributed by atoms with Crippen LogP contribution in [0.4, 0.5) is 0 Å². The Morgan fingerprint density at radius 1 is 1.60 bits per heavy atom. The molecule has 0 radical (unpaired) electrons. The summed E-state index contributed by atoms with van der Waals surface area (Å²) < 4.78 is 10.5. The second kappa shape index (κ2) is 3.32. The third kappa shape index (κ3) is 1.31. The van der Waals surface area contributed by atoms with Gasteiger partial charge < -0.3 is 15.2 Å². The Labute approximate surface area is 61.5 Å². The lowest BCUT2D eigenvalue weighted by Gasteiger charge is -2.40. The Morgan fingerprint density at radius 2 is 2.30 bits per heavy atom. The largest absolute Gasteiger partial charge is 0.377 e. The minimum absolute atomic E-state index is 0.125. The molecule has 0 aromatic heterocycles. The van der Waals surface area contributed by atoms with E-state index in [2.05, 4.69) is 0 Å². The predicted octanol–water partition coefficient (Wildman–Crippen LogP) is 0.138. The van der Waals surface area contributed by atoms with Gasteiger partial charge >= 0.3 is 0 Å². The molecule has 3 nitrogen and oxygen atoms in total. The summed E-state index contributed by atoms with van der Waals surface area (Å²) >= 11 is 0. The van der Waals surface area contributed by atoms with Crippen LogP contribution in [0.2, 0.25) is 0 Å². The lowest BCUT2D eigenvalue weighted by Crippen LogP contribution is -2.57. The molecule has 1 aliphatic rings. The van der Waals surface area contributed by atoms with E-state index in [4.69, 9.17) is 15.2 Å². The van der Waals surface area contributed by atoms with E-state index in [1.807, 2.05) is 6.92 Å². The first-order chi connectivity index (χ1) is 4.79. The minimum atomic E-state index is 0.125. The van der Waals surface area contributed by atoms with Crippen LogP contribution in [-0.2, 0) is 9.47 Å². The lowest BCUT2D eigenvalue weighted by molar-refractivity contribution is -0.122. The Morgan fingerprint density at radius 3 is 2.70 bits per heavy atom. The standard InChI is InChI=1S/C7H15NO2/c1-3-10-6-4-5(8)7(6)9-2/h5-7H,3-4,8H2,1-2H3. The van der Waals surface area contributed by atoms with Gasteiger partial charge in [0.1, 0.15) is 0 Å². The average molecular weight is 145 g/mol. The van der Waals surface area contributed by atoms with Crippen LogP contribution < -0.4 is 5.73 Å². The van der Waals surface area contributed by atoms with E-state index >= 15 is 0 Å². The monoisotopic (exact) mass is 145 g/mol. The molecule has 0 heterocycles. The van der Waals surface area contributed by atoms with E-state index in [-0.39, 0.29) is 18.2 Å². The van der Waals surface area contributed by atoms with Crippen LogP contribution in [0.1, 0.15) is 13.3 Å². The van der Waals surface area contributed by atoms with Crippen molar-refractivity contribution in [3.05, 3.63) is 0 Å². The molecule has 0 amide bonds. The molecule has 3 unspecified atom stereocenters. The highest BCUT2D eigenvalue weighted by Gasteiger charge is 2.39. The van der Waals surface area contributed by atoms with E-state index in [0.717, 1.165) is 13.0 Å². The van der Waals surface area contributed by atoms with E-state index in [9.17, 15) is 0 Å². The van der Waals surface area contributed by atoms with Gasteiger partial charge in [0.2, 0.25) is 0 Å². The van der Waals surface area contributed by atoms with Gasteiger partial charge in [-0.25, -0.2) is 0 Å². The maximum Gasteiger partial charge on any atom is 0.0984 e. The molecule has 3 heteroatoms. The van der Waals surface area contributed by atoms with Gasteiger partial charge in [0.05, 0.1) is 12.2 Å². The Kier molecular flexibility index (Phi) is 2.65. The molecule has 1 saturated carbocycles. The molecule has 60 valence electrons. The fraction of sp³-hybridized carbons (Fsp3) is 1.00. The summed E-state index contributed by atoms with van der Waals surface area (Å²) in [6.07, 6.45) is 1.30. The minimum Gasteiger partial charge on any atom is -0.377 e. The molecule has 0 bridgehead atoms. The fourth-order valence-electron chi connectivity index (χ4n) is 1.32. The summed E-state index contributed by atoms with van der Waals surface area (Å²) in [4.78, 5) is 0. The molecule has 1 rings (SSSR count). The highest BCUT2D eigenvalue weighted by Crippen LogP contribution is 2.24. The SMILES string of the molecule is CCOC1CC(N)C1OC. The number of hydrogen-bond donors (Lipinski definition) is 1. The van der Waals surface area contributed by atoms with Gasteiger partial charge in [0.15, 0.2) is 0 Å². The summed E-state index contributed by atoms with van der Waals surface area (Å²) in [5, 5.41) is 0. The van der Waals surface area contributed by atoms with Crippen molar-refractivity contribution in [3.8, 4) is 0 Å². The second-order valence-electron chi connectivity index (χ2n) is 2.59. The molecule has 1 aliphatic carbocycles. The maximum atomic E-state index is 5.65. The van der Waals surface area contributed by atoms with Crippen molar-refractivity contribution in [1.29, 1.82) is 0 Å². The Bertz CT molecular complexity index is 106. The van der Waals surface area contributed by atoms with E-state index in [0.29, 0.717) is 0 Å². The average Bonchev–Trinajstić information content (AvgIpc) is 1.88. The highest BCUT2D eigenvalue weighted by molar-refractivity contribution is 4.94. The summed E-state index contributed by atoms with van der Waals surface area (Å²) in [5.74, 6) is 0. The quantitative estimate of drug-likeness (QED) is 0.614. The third-order valence-corrected chi connectivity index (χ3v) is 1.95. The maximum absolute atomic E-state index is 5.65. The molecular weight excluding hydrogens is 130 g/mol. The molecule has 0 aromatic carbocycles. The summed E-state index contributed by atoms with van der Waals surface area (Å²) in [6, 6.07) is 0.182. The number of ether oxygens (including phenoxy) is 2. The Balaban J connectivity index is 2.23. The highest BCUT2D eigenvalue weighted by atomic mass is 16.5. The van der Waals surface area contributed by atoms with E-state index in [1.165, 1.54) is 0 Å². The predicted molar refractivity (Wildman–Crippen MR) is 38.8 cm³/mol. The summed E-state index contributed by atoms with van der Waals surface area (Å²) in [7, 11) is 1.68. The third-order valence-electron chi connectivity index (χ3n) is 1.95. The zero-order chi connectivity index (χ0) is 7.56. The molecule has 0 saturated heterocycles. The van der Waals surface area contributed by atoms with Crippen molar-refractivity contribution in [2.24, 2.45) is 5.73 Å². The molecular formula is C7H15NO2. The smallest absolute Gasteiger partial charge is 0.0984 e. The molecule has 0 aromatic rings. The first-order valence-electron chi connectivity index (χ1n) is 3.69. The number of rotatable bonds is 3. The van der Waals surface area contributed by atoms with E-state index in [1.54, 1.807) is 7.11 Å². The van der Waals surface area contributed by atoms with Crippen LogP contribution >= 0.6 is 0 Å². The van der Waals surface area contributed by atoms with Gasteiger partial charge in [-0.2, -0.15) is 0 Å². The molecule has 10 heavy (non-hydrogen) atoms. The van der Waals surface area contributed by atoms with Crippen molar-refractivity contribution < 1.29 is 9.47 Å². The molecule has 0 aliphatic heterocycles. The topological polar surface area (TPSA) is 44.5 Å². The van der Waals surface area contributed by atoms with Gasteiger partial charge in [-0.3, -0.25) is 0 Å². The molecule has 2 N–H and O–H groups in total. The molecule has 3 atom stereocenters. The second-order valence-corrected chi connectivity index (χ2v) is 2.59. The van der Waals surface area contributed by atoms with Gasteiger partial charge in [-0.1, -0.05) is 0 Å². The molecule has 0 spiro atoms. The zero-order valence-electron chi connectivity index (χ0n) is 6.54. The van der Waals surface area contributed by atoms with E-state index < -0.39 is 0 Å². The van der Waals surface area contributed by atoms with Crippen molar-refractivity contribution in [2.45, 2.75) is 31.6 Å². The van der Waals surface area contributed by atoms with Crippen molar-refractivity contribution in [1.82, 2.24) is 0 Å². The number of hydrogen-bond acceptors (Lipinski definition) is 3. The number of methoxy groups -OCH3 is 1. The van der Waals surface area contributed by atoms with Crippen LogP contribution in [0.5, 0.6) is 0 Å². The van der Waals surface area contributed by atoms with Crippen LogP contribution in [0.25, 0.3) is 0 Å². The van der Waals surface area contributed by atoms with Gasteiger partial charge in [-0.05, 0) is 13.3 Å². The van der Waals surface area contributed by atoms with Gasteiger partial charge in [-0.15, -0.1) is 0 Å². The van der Waals surface area contributed by atoms with Crippen LogP contribution in [0, 0.1) is 0 Å². The van der Waals surface area contributed by atoms with Gasteiger partial charge in [0, 0.05) is 19.8 Å². The van der Waals surface area contributed by atoms with Crippen LogP contribution in [-0.4, -0.2) is 32.0 Å². The van der Waals surface area contributed by atoms with Crippen LogP contribution in [0.3, 0.4) is 0 Å². The van der Waals surface area contributed by atoms with Gasteiger partial charge in [0.25, 0.3) is 0 Å². The van der Waals surface area contributed by atoms with Crippen molar-refractivity contribution in [3.63, 3.8) is 0 Å². The number of nitrogens with two attached hydrogens (primary N) is 1. The molecule has 1 fully saturated rings. The van der Waals surface area contributed by atoms with Crippen molar-refractivity contribution in [2.75, 3.05) is 13.7 Å². The lowest BCUT2D eigenvalue weighted by atomic mass is 9.86. The zero-order valence-corrected chi connectivity index (χ0v) is 6.54. The fourth-order valence-corrected chi connectivity index (χ4v) is 1.32. The van der Waals surface area contributed by atoms with Crippen LogP contribution in [0.15, 0.2) is 0 Å². The first kappa shape index (κ1) is 7.98. The normalized spacial score (nSPS) is 39.3. The summed E-state index contributed by atoms with van der Waals surface area (Å²) in [5.41, 5.74) is 5.65.